The SMILES string of the molecule is CSc1ccccc1NC(=O)CN(C)C(=O)c1ccc(F)cc1. The monoisotopic (exact) mass is 332 g/mol. The maximum absolute atomic E-state index is 12.9. The molecule has 0 bridgehead atoms. The Morgan fingerprint density at radius 3 is 2.43 bits per heavy atom. The summed E-state index contributed by atoms with van der Waals surface area (Å²) in [7, 11) is 1.53. The Kier molecular flexibility index (Phi) is 5.76. The van der Waals surface area contributed by atoms with Crippen molar-refractivity contribution in [2.45, 2.75) is 4.90 Å². The molecule has 0 aromatic heterocycles. The number of nitrogens with one attached hydrogen (secondary N) is 1. The highest BCUT2D eigenvalue weighted by molar-refractivity contribution is 7.98. The van der Waals surface area contributed by atoms with Crippen LogP contribution in [0.25, 0.3) is 0 Å². The summed E-state index contributed by atoms with van der Waals surface area (Å²) in [6, 6.07) is 12.7. The molecule has 0 saturated carbocycles. The van der Waals surface area contributed by atoms with Gasteiger partial charge in [-0.3, -0.25) is 9.59 Å². The summed E-state index contributed by atoms with van der Waals surface area (Å²) in [6.07, 6.45) is 1.93. The Balaban J connectivity index is 1.99. The topological polar surface area (TPSA) is 49.4 Å². The molecule has 2 aromatic rings. The van der Waals surface area contributed by atoms with Gasteiger partial charge in [0.25, 0.3) is 5.91 Å². The zero-order valence-electron chi connectivity index (χ0n) is 12.9. The Hall–Kier alpha value is -2.34. The van der Waals surface area contributed by atoms with Crippen molar-refractivity contribution >= 4 is 29.3 Å². The second-order valence-electron chi connectivity index (χ2n) is 4.92. The third-order valence-electron chi connectivity index (χ3n) is 3.20. The highest BCUT2D eigenvalue weighted by atomic mass is 32.2. The van der Waals surface area contributed by atoms with E-state index in [2.05, 4.69) is 5.32 Å². The van der Waals surface area contributed by atoms with Gasteiger partial charge in [-0.2, -0.15) is 0 Å². The van der Waals surface area contributed by atoms with Crippen molar-refractivity contribution in [2.75, 3.05) is 25.2 Å². The number of carbonyl (C=O) groups is 2. The third-order valence-corrected chi connectivity index (χ3v) is 4.00. The van der Waals surface area contributed by atoms with Crippen LogP contribution in [0.15, 0.2) is 53.4 Å². The lowest BCUT2D eigenvalue weighted by Crippen LogP contribution is -2.35. The fourth-order valence-corrected chi connectivity index (χ4v) is 2.59. The fourth-order valence-electron chi connectivity index (χ4n) is 2.04. The number of hydrogen-bond donors (Lipinski definition) is 1. The molecule has 2 aromatic carbocycles. The van der Waals surface area contributed by atoms with Crippen LogP contribution in [0.2, 0.25) is 0 Å². The van der Waals surface area contributed by atoms with Gasteiger partial charge in [0.1, 0.15) is 5.82 Å². The number of thioether (sulfide) groups is 1. The molecule has 0 fully saturated rings. The molecule has 0 radical (unpaired) electrons. The van der Waals surface area contributed by atoms with Gasteiger partial charge in [-0.15, -0.1) is 11.8 Å². The molecule has 2 rings (SSSR count). The predicted molar refractivity (Wildman–Crippen MR) is 90.2 cm³/mol. The van der Waals surface area contributed by atoms with Gasteiger partial charge in [-0.05, 0) is 42.7 Å². The number of anilines is 1. The summed E-state index contributed by atoms with van der Waals surface area (Å²) < 4.78 is 12.9. The van der Waals surface area contributed by atoms with Gasteiger partial charge < -0.3 is 10.2 Å². The van der Waals surface area contributed by atoms with E-state index in [9.17, 15) is 14.0 Å². The van der Waals surface area contributed by atoms with Crippen LogP contribution in [-0.2, 0) is 4.79 Å². The number of hydrogen-bond acceptors (Lipinski definition) is 3. The molecule has 0 saturated heterocycles. The Labute approximate surface area is 138 Å². The van der Waals surface area contributed by atoms with E-state index < -0.39 is 5.82 Å². The molecule has 23 heavy (non-hydrogen) atoms. The van der Waals surface area contributed by atoms with E-state index >= 15 is 0 Å². The molecule has 1 N–H and O–H groups in total. The van der Waals surface area contributed by atoms with Gasteiger partial charge in [-0.1, -0.05) is 12.1 Å². The number of amides is 2. The molecular formula is C17H17FN2O2S. The average Bonchev–Trinajstić information content (AvgIpc) is 2.55. The molecular weight excluding hydrogens is 315 g/mol. The van der Waals surface area contributed by atoms with Crippen molar-refractivity contribution in [3.8, 4) is 0 Å². The van der Waals surface area contributed by atoms with Crippen LogP contribution < -0.4 is 5.32 Å². The lowest BCUT2D eigenvalue weighted by atomic mass is 10.2. The number of rotatable bonds is 5. The van der Waals surface area contributed by atoms with Crippen LogP contribution in [0.3, 0.4) is 0 Å². The number of para-hydroxylation sites is 1. The van der Waals surface area contributed by atoms with E-state index in [4.69, 9.17) is 0 Å². The first kappa shape index (κ1) is 17.0. The largest absolute Gasteiger partial charge is 0.332 e. The summed E-state index contributed by atoms with van der Waals surface area (Å²) in [5, 5.41) is 2.79. The van der Waals surface area contributed by atoms with Crippen molar-refractivity contribution in [3.63, 3.8) is 0 Å². The summed E-state index contributed by atoms with van der Waals surface area (Å²) in [6.45, 7) is -0.0844. The summed E-state index contributed by atoms with van der Waals surface area (Å²) in [5.74, 6) is -1.03. The van der Waals surface area contributed by atoms with Crippen molar-refractivity contribution in [1.82, 2.24) is 4.90 Å². The fraction of sp³-hybridized carbons (Fsp3) is 0.176. The van der Waals surface area contributed by atoms with Crippen molar-refractivity contribution in [2.24, 2.45) is 0 Å². The number of benzene rings is 2. The van der Waals surface area contributed by atoms with Crippen LogP contribution in [0, 0.1) is 5.82 Å². The number of nitrogens with zero attached hydrogens (tertiary/aromatic N) is 1. The zero-order valence-corrected chi connectivity index (χ0v) is 13.7. The van der Waals surface area contributed by atoms with Crippen LogP contribution >= 0.6 is 11.8 Å². The molecule has 0 aliphatic rings. The third kappa shape index (κ3) is 4.56. The van der Waals surface area contributed by atoms with E-state index in [1.54, 1.807) is 0 Å². The van der Waals surface area contributed by atoms with E-state index in [0.717, 1.165) is 4.90 Å². The second kappa shape index (κ2) is 7.78. The smallest absolute Gasteiger partial charge is 0.254 e. The maximum atomic E-state index is 12.9. The number of halogens is 1. The molecule has 0 atom stereocenters. The van der Waals surface area contributed by atoms with Gasteiger partial charge in [0.15, 0.2) is 0 Å². The molecule has 2 amide bonds. The van der Waals surface area contributed by atoms with Crippen molar-refractivity contribution in [3.05, 3.63) is 59.9 Å². The van der Waals surface area contributed by atoms with Crippen molar-refractivity contribution in [1.29, 1.82) is 0 Å². The zero-order chi connectivity index (χ0) is 16.8. The van der Waals surface area contributed by atoms with Gasteiger partial charge in [0, 0.05) is 17.5 Å². The molecule has 0 aliphatic heterocycles. The van der Waals surface area contributed by atoms with E-state index in [0.29, 0.717) is 11.3 Å². The number of likely N-dealkylation sites (N-methyl/N-ethyl adjacent to an activating group) is 1. The van der Waals surface area contributed by atoms with Gasteiger partial charge in [-0.25, -0.2) is 4.39 Å². The second-order valence-corrected chi connectivity index (χ2v) is 5.76. The predicted octanol–water partition coefficient (Wildman–Crippen LogP) is 3.26. The summed E-state index contributed by atoms with van der Waals surface area (Å²) in [4.78, 5) is 26.5. The Morgan fingerprint density at radius 2 is 1.78 bits per heavy atom. The Morgan fingerprint density at radius 1 is 1.13 bits per heavy atom. The molecule has 0 unspecified atom stereocenters. The first-order chi connectivity index (χ1) is 11.0. The van der Waals surface area contributed by atoms with Crippen LogP contribution in [0.4, 0.5) is 10.1 Å². The van der Waals surface area contributed by atoms with E-state index in [1.165, 1.54) is 48.0 Å². The minimum atomic E-state index is -0.407. The van der Waals surface area contributed by atoms with Gasteiger partial charge in [0.2, 0.25) is 5.91 Å². The number of carbonyl (C=O) groups excluding carboxylic acids is 2. The van der Waals surface area contributed by atoms with Crippen LogP contribution in [-0.4, -0.2) is 36.6 Å². The normalized spacial score (nSPS) is 10.2. The van der Waals surface area contributed by atoms with Crippen LogP contribution in [0.1, 0.15) is 10.4 Å². The van der Waals surface area contributed by atoms with E-state index in [1.807, 2.05) is 30.5 Å². The molecule has 6 heteroatoms. The van der Waals surface area contributed by atoms with Gasteiger partial charge in [0.05, 0.1) is 12.2 Å². The lowest BCUT2D eigenvalue weighted by molar-refractivity contribution is -0.116. The van der Waals surface area contributed by atoms with E-state index in [-0.39, 0.29) is 18.4 Å². The first-order valence-corrected chi connectivity index (χ1v) is 8.17. The average molecular weight is 332 g/mol. The molecule has 0 heterocycles. The molecule has 4 nitrogen and oxygen atoms in total. The standard InChI is InChI=1S/C17H17FN2O2S/c1-20(17(22)12-7-9-13(18)10-8-12)11-16(21)19-14-5-3-4-6-15(14)23-2/h3-10H,11H2,1-2H3,(H,19,21). The first-order valence-electron chi connectivity index (χ1n) is 6.95. The van der Waals surface area contributed by atoms with Gasteiger partial charge >= 0.3 is 0 Å². The summed E-state index contributed by atoms with van der Waals surface area (Å²) >= 11 is 1.53. The summed E-state index contributed by atoms with van der Waals surface area (Å²) in [5.41, 5.74) is 1.05. The maximum Gasteiger partial charge on any atom is 0.254 e. The molecule has 0 aliphatic carbocycles. The van der Waals surface area contributed by atoms with Crippen molar-refractivity contribution < 1.29 is 14.0 Å². The molecule has 0 spiro atoms. The quantitative estimate of drug-likeness (QED) is 0.855. The minimum absolute atomic E-state index is 0.0844. The Bertz CT molecular complexity index is 704. The lowest BCUT2D eigenvalue weighted by Gasteiger charge is -2.17. The highest BCUT2D eigenvalue weighted by Crippen LogP contribution is 2.24. The van der Waals surface area contributed by atoms with Crippen LogP contribution in [0.5, 0.6) is 0 Å². The molecule has 120 valence electrons. The highest BCUT2D eigenvalue weighted by Gasteiger charge is 2.15. The minimum Gasteiger partial charge on any atom is -0.332 e.